The second-order valence-electron chi connectivity index (χ2n) is 5.68. The summed E-state index contributed by atoms with van der Waals surface area (Å²) in [6, 6.07) is 2.05. The molecule has 0 amide bonds. The zero-order valence-electron chi connectivity index (χ0n) is 11.6. The highest BCUT2D eigenvalue weighted by Gasteiger charge is 2.19. The van der Waals surface area contributed by atoms with Gasteiger partial charge < -0.3 is 10.6 Å². The molecule has 17 heavy (non-hydrogen) atoms. The van der Waals surface area contributed by atoms with E-state index in [1.807, 2.05) is 7.05 Å². The third-order valence-corrected chi connectivity index (χ3v) is 2.87. The van der Waals surface area contributed by atoms with Crippen LogP contribution in [0, 0.1) is 5.41 Å². The fraction of sp³-hybridized carbons (Fsp3) is 0.692. The Morgan fingerprint density at radius 3 is 2.53 bits per heavy atom. The average molecular weight is 236 g/mol. The summed E-state index contributed by atoms with van der Waals surface area (Å²) in [6.45, 7) is 10.1. The molecular weight excluding hydrogens is 212 g/mol. The van der Waals surface area contributed by atoms with E-state index in [0.717, 1.165) is 18.1 Å². The lowest BCUT2D eigenvalue weighted by Crippen LogP contribution is -2.37. The van der Waals surface area contributed by atoms with Crippen LogP contribution < -0.4 is 10.6 Å². The number of aromatic nitrogens is 2. The molecule has 0 fully saturated rings. The van der Waals surface area contributed by atoms with Gasteiger partial charge >= 0.3 is 0 Å². The monoisotopic (exact) mass is 236 g/mol. The van der Waals surface area contributed by atoms with Crippen LogP contribution >= 0.6 is 0 Å². The number of nitrogens with zero attached hydrogens (tertiary/aromatic N) is 3. The minimum atomic E-state index is 0.0949. The predicted octanol–water partition coefficient (Wildman–Crippen LogP) is 2.02. The molecule has 4 heteroatoms. The van der Waals surface area contributed by atoms with E-state index in [4.69, 9.17) is 5.73 Å². The van der Waals surface area contributed by atoms with Gasteiger partial charge in [0.15, 0.2) is 0 Å². The van der Waals surface area contributed by atoms with Crippen molar-refractivity contribution in [3.05, 3.63) is 18.1 Å². The Balaban J connectivity index is 2.82. The van der Waals surface area contributed by atoms with Gasteiger partial charge in [0.1, 0.15) is 12.1 Å². The fourth-order valence-electron chi connectivity index (χ4n) is 1.67. The van der Waals surface area contributed by atoms with Crippen molar-refractivity contribution >= 4 is 5.82 Å². The molecule has 0 atom stereocenters. The van der Waals surface area contributed by atoms with Crippen LogP contribution in [-0.2, 0) is 0 Å². The number of nitrogens with two attached hydrogens (primary N) is 1. The Kier molecular flexibility index (Phi) is 4.46. The summed E-state index contributed by atoms with van der Waals surface area (Å²) in [5.74, 6) is 1.39. The quantitative estimate of drug-likeness (QED) is 0.850. The van der Waals surface area contributed by atoms with Crippen LogP contribution in [-0.4, -0.2) is 30.1 Å². The van der Waals surface area contributed by atoms with Crippen LogP contribution in [0.1, 0.15) is 39.3 Å². The Hall–Kier alpha value is -1.16. The van der Waals surface area contributed by atoms with E-state index in [1.165, 1.54) is 0 Å². The molecule has 1 aromatic rings. The first-order valence-electron chi connectivity index (χ1n) is 6.09. The molecule has 0 aliphatic heterocycles. The molecule has 0 saturated heterocycles. The number of hydrogen-bond donors (Lipinski definition) is 1. The molecule has 4 nitrogen and oxygen atoms in total. The lowest BCUT2D eigenvalue weighted by atomic mass is 9.93. The van der Waals surface area contributed by atoms with Gasteiger partial charge in [0.2, 0.25) is 0 Å². The van der Waals surface area contributed by atoms with E-state index in [0.29, 0.717) is 12.5 Å². The molecule has 0 bridgehead atoms. The second-order valence-corrected chi connectivity index (χ2v) is 5.68. The third-order valence-electron chi connectivity index (χ3n) is 2.87. The first-order chi connectivity index (χ1) is 7.85. The molecular formula is C13H24N4. The van der Waals surface area contributed by atoms with Crippen LogP contribution in [0.25, 0.3) is 0 Å². The number of anilines is 1. The smallest absolute Gasteiger partial charge is 0.131 e. The number of rotatable bonds is 5. The first-order valence-corrected chi connectivity index (χ1v) is 6.09. The molecule has 0 saturated carbocycles. The van der Waals surface area contributed by atoms with Crippen molar-refractivity contribution < 1.29 is 0 Å². The van der Waals surface area contributed by atoms with Crippen LogP contribution in [0.3, 0.4) is 0 Å². The summed E-state index contributed by atoms with van der Waals surface area (Å²) in [5, 5.41) is 0. The lowest BCUT2D eigenvalue weighted by molar-refractivity contribution is 0.384. The van der Waals surface area contributed by atoms with Crippen molar-refractivity contribution in [3.8, 4) is 0 Å². The Morgan fingerprint density at radius 2 is 2.00 bits per heavy atom. The largest absolute Gasteiger partial charge is 0.359 e. The maximum atomic E-state index is 5.75. The van der Waals surface area contributed by atoms with E-state index in [9.17, 15) is 0 Å². The molecule has 0 spiro atoms. The Bertz CT molecular complexity index is 360. The van der Waals surface area contributed by atoms with Gasteiger partial charge in [-0.05, 0) is 17.9 Å². The molecule has 0 aliphatic carbocycles. The minimum Gasteiger partial charge on any atom is -0.359 e. The van der Waals surface area contributed by atoms with Gasteiger partial charge in [0, 0.05) is 25.4 Å². The van der Waals surface area contributed by atoms with Crippen LogP contribution in [0.4, 0.5) is 5.82 Å². The maximum Gasteiger partial charge on any atom is 0.131 e. The van der Waals surface area contributed by atoms with Crippen LogP contribution in [0.15, 0.2) is 12.4 Å². The molecule has 0 aliphatic rings. The van der Waals surface area contributed by atoms with E-state index in [-0.39, 0.29) is 5.41 Å². The molecule has 1 aromatic heterocycles. The highest BCUT2D eigenvalue weighted by Crippen LogP contribution is 2.20. The topological polar surface area (TPSA) is 55.0 Å². The van der Waals surface area contributed by atoms with Gasteiger partial charge in [-0.1, -0.05) is 27.7 Å². The van der Waals surface area contributed by atoms with Gasteiger partial charge in [-0.15, -0.1) is 0 Å². The Morgan fingerprint density at radius 1 is 1.35 bits per heavy atom. The number of hydrogen-bond acceptors (Lipinski definition) is 4. The summed E-state index contributed by atoms with van der Waals surface area (Å²) >= 11 is 0. The second kappa shape index (κ2) is 5.45. The van der Waals surface area contributed by atoms with Crippen molar-refractivity contribution in [2.24, 2.45) is 11.1 Å². The molecule has 2 N–H and O–H groups in total. The normalized spacial score (nSPS) is 11.9. The summed E-state index contributed by atoms with van der Waals surface area (Å²) < 4.78 is 0. The standard InChI is InChI=1S/C13H24N4/c1-10(2)11-6-12(16-9-15-11)17(5)8-13(3,4)7-14/h6,9-10H,7-8,14H2,1-5H3. The van der Waals surface area contributed by atoms with Crippen molar-refractivity contribution in [1.82, 2.24) is 9.97 Å². The Labute approximate surface area is 104 Å². The highest BCUT2D eigenvalue weighted by atomic mass is 15.2. The van der Waals surface area contributed by atoms with Gasteiger partial charge in [-0.25, -0.2) is 9.97 Å². The minimum absolute atomic E-state index is 0.0949. The molecule has 0 aromatic carbocycles. The first kappa shape index (κ1) is 13.9. The molecule has 0 unspecified atom stereocenters. The molecule has 96 valence electrons. The van der Waals surface area contributed by atoms with Gasteiger partial charge in [0.05, 0.1) is 0 Å². The lowest BCUT2D eigenvalue weighted by Gasteiger charge is -2.29. The van der Waals surface area contributed by atoms with Crippen molar-refractivity contribution in [3.63, 3.8) is 0 Å². The summed E-state index contributed by atoms with van der Waals surface area (Å²) in [7, 11) is 2.05. The maximum absolute atomic E-state index is 5.75. The van der Waals surface area contributed by atoms with Crippen molar-refractivity contribution in [2.75, 3.05) is 25.0 Å². The van der Waals surface area contributed by atoms with E-state index in [1.54, 1.807) is 6.33 Å². The van der Waals surface area contributed by atoms with Gasteiger partial charge in [0.25, 0.3) is 0 Å². The van der Waals surface area contributed by atoms with E-state index < -0.39 is 0 Å². The van der Waals surface area contributed by atoms with E-state index >= 15 is 0 Å². The zero-order valence-corrected chi connectivity index (χ0v) is 11.6. The summed E-state index contributed by atoms with van der Waals surface area (Å²) in [4.78, 5) is 10.7. The highest BCUT2D eigenvalue weighted by molar-refractivity contribution is 5.38. The van der Waals surface area contributed by atoms with Crippen molar-refractivity contribution in [1.29, 1.82) is 0 Å². The average Bonchev–Trinajstić information content (AvgIpc) is 2.28. The zero-order chi connectivity index (χ0) is 13.1. The SMILES string of the molecule is CC(C)c1cc(N(C)CC(C)(C)CN)ncn1. The summed E-state index contributed by atoms with van der Waals surface area (Å²) in [6.07, 6.45) is 1.64. The van der Waals surface area contributed by atoms with Crippen molar-refractivity contribution in [2.45, 2.75) is 33.6 Å². The predicted molar refractivity (Wildman–Crippen MR) is 72.2 cm³/mol. The molecule has 1 rings (SSSR count). The molecule has 1 heterocycles. The van der Waals surface area contributed by atoms with E-state index in [2.05, 4.69) is 48.6 Å². The summed E-state index contributed by atoms with van der Waals surface area (Å²) in [5.41, 5.74) is 6.92. The van der Waals surface area contributed by atoms with Gasteiger partial charge in [-0.2, -0.15) is 0 Å². The fourth-order valence-corrected chi connectivity index (χ4v) is 1.67. The third kappa shape index (κ3) is 3.97. The molecule has 0 radical (unpaired) electrons. The van der Waals surface area contributed by atoms with Crippen LogP contribution in [0.5, 0.6) is 0 Å². The van der Waals surface area contributed by atoms with Gasteiger partial charge in [-0.3, -0.25) is 0 Å². The van der Waals surface area contributed by atoms with Crippen LogP contribution in [0.2, 0.25) is 0 Å².